The van der Waals surface area contributed by atoms with Gasteiger partial charge in [0.05, 0.1) is 32.6 Å². The lowest BCUT2D eigenvalue weighted by atomic mass is 9.88. The Hall–Kier alpha value is -3.02. The topological polar surface area (TPSA) is 84.9 Å². The monoisotopic (exact) mass is 371 g/mol. The molecular formula is C21H25NO5. The van der Waals surface area contributed by atoms with E-state index in [2.05, 4.69) is 5.32 Å². The van der Waals surface area contributed by atoms with Crippen molar-refractivity contribution in [3.63, 3.8) is 0 Å². The van der Waals surface area contributed by atoms with Gasteiger partial charge in [0.1, 0.15) is 11.5 Å². The third-order valence-electron chi connectivity index (χ3n) is 4.41. The second-order valence-corrected chi connectivity index (χ2v) is 6.67. The number of carbonyl (C=O) groups is 2. The maximum atomic E-state index is 12.7. The van der Waals surface area contributed by atoms with Crippen molar-refractivity contribution in [3.8, 4) is 11.5 Å². The summed E-state index contributed by atoms with van der Waals surface area (Å²) in [5, 5.41) is 12.2. The number of hydrogen-bond donors (Lipinski definition) is 2. The Bertz CT molecular complexity index is 833. The van der Waals surface area contributed by atoms with E-state index in [9.17, 15) is 14.7 Å². The molecular weight excluding hydrogens is 346 g/mol. The summed E-state index contributed by atoms with van der Waals surface area (Å²) in [5.74, 6) is -0.0741. The molecule has 0 spiro atoms. The van der Waals surface area contributed by atoms with Gasteiger partial charge in [0, 0.05) is 5.56 Å². The Labute approximate surface area is 159 Å². The Morgan fingerprint density at radius 2 is 1.85 bits per heavy atom. The Morgan fingerprint density at radius 3 is 2.48 bits per heavy atom. The maximum Gasteiger partial charge on any atom is 0.306 e. The van der Waals surface area contributed by atoms with E-state index >= 15 is 0 Å². The van der Waals surface area contributed by atoms with Gasteiger partial charge in [-0.25, -0.2) is 0 Å². The first-order valence-corrected chi connectivity index (χ1v) is 8.58. The van der Waals surface area contributed by atoms with Gasteiger partial charge < -0.3 is 19.9 Å². The number of carboxylic acids is 1. The number of ether oxygens (including phenoxy) is 2. The number of rotatable bonds is 8. The normalized spacial score (nSPS) is 12.7. The number of benzene rings is 2. The minimum Gasteiger partial charge on any atom is -0.497 e. The molecule has 2 N–H and O–H groups in total. The van der Waals surface area contributed by atoms with E-state index in [4.69, 9.17) is 9.47 Å². The van der Waals surface area contributed by atoms with Crippen LogP contribution < -0.4 is 14.8 Å². The fourth-order valence-corrected chi connectivity index (χ4v) is 3.06. The second-order valence-electron chi connectivity index (χ2n) is 6.67. The van der Waals surface area contributed by atoms with Crippen molar-refractivity contribution in [2.24, 2.45) is 0 Å². The minimum absolute atomic E-state index is 0.0873. The molecule has 0 heterocycles. The summed E-state index contributed by atoms with van der Waals surface area (Å²) in [4.78, 5) is 24.2. The lowest BCUT2D eigenvalue weighted by molar-refractivity contribution is -0.139. The summed E-state index contributed by atoms with van der Waals surface area (Å²) in [6.07, 6.45) is -0.166. The highest BCUT2D eigenvalue weighted by Gasteiger charge is 2.32. The SMILES string of the molecule is COc1cccc(C(C)(CC(=O)O)NC(=O)Cc2cc(C)ccc2OC)c1. The summed E-state index contributed by atoms with van der Waals surface area (Å²) in [7, 11) is 3.09. The minimum atomic E-state index is -1.07. The molecule has 0 saturated carbocycles. The summed E-state index contributed by atoms with van der Waals surface area (Å²) >= 11 is 0. The zero-order valence-electron chi connectivity index (χ0n) is 16.0. The molecule has 0 radical (unpaired) electrons. The largest absolute Gasteiger partial charge is 0.497 e. The molecule has 6 nitrogen and oxygen atoms in total. The van der Waals surface area contributed by atoms with Crippen LogP contribution in [0, 0.1) is 6.92 Å². The van der Waals surface area contributed by atoms with E-state index in [1.54, 1.807) is 38.3 Å². The van der Waals surface area contributed by atoms with Crippen LogP contribution >= 0.6 is 0 Å². The fourth-order valence-electron chi connectivity index (χ4n) is 3.06. The van der Waals surface area contributed by atoms with Crippen LogP contribution in [0.2, 0.25) is 0 Å². The van der Waals surface area contributed by atoms with Gasteiger partial charge in [-0.1, -0.05) is 29.8 Å². The number of aryl methyl sites for hydroxylation is 1. The van der Waals surface area contributed by atoms with Crippen LogP contribution in [0.15, 0.2) is 42.5 Å². The van der Waals surface area contributed by atoms with Crippen molar-refractivity contribution in [1.29, 1.82) is 0 Å². The first kappa shape index (κ1) is 20.3. The molecule has 0 bridgehead atoms. The Kier molecular flexibility index (Phi) is 6.45. The number of aliphatic carboxylic acids is 1. The van der Waals surface area contributed by atoms with Crippen LogP contribution in [0.25, 0.3) is 0 Å². The number of amides is 1. The fraction of sp³-hybridized carbons (Fsp3) is 0.333. The van der Waals surface area contributed by atoms with Crippen LogP contribution in [-0.4, -0.2) is 31.2 Å². The van der Waals surface area contributed by atoms with E-state index in [0.717, 1.165) is 11.1 Å². The van der Waals surface area contributed by atoms with Gasteiger partial charge >= 0.3 is 5.97 Å². The van der Waals surface area contributed by atoms with Gasteiger partial charge in [-0.05, 0) is 37.6 Å². The molecule has 0 saturated heterocycles. The van der Waals surface area contributed by atoms with Gasteiger partial charge in [0.25, 0.3) is 0 Å². The molecule has 1 amide bonds. The standard InChI is InChI=1S/C21H25NO5/c1-14-8-9-18(27-4)15(10-14)11-19(23)22-21(2,13-20(24)25)16-6-5-7-17(12-16)26-3/h5-10,12H,11,13H2,1-4H3,(H,22,23)(H,24,25). The molecule has 27 heavy (non-hydrogen) atoms. The van der Waals surface area contributed by atoms with Crippen LogP contribution in [0.1, 0.15) is 30.0 Å². The van der Waals surface area contributed by atoms with Gasteiger partial charge in [0.2, 0.25) is 5.91 Å². The zero-order valence-corrected chi connectivity index (χ0v) is 16.0. The summed E-state index contributed by atoms with van der Waals surface area (Å²) in [6, 6.07) is 12.7. The third kappa shape index (κ3) is 5.23. The lowest BCUT2D eigenvalue weighted by Gasteiger charge is -2.30. The highest BCUT2D eigenvalue weighted by molar-refractivity contribution is 5.81. The molecule has 0 aliphatic heterocycles. The van der Waals surface area contributed by atoms with E-state index in [-0.39, 0.29) is 18.7 Å². The smallest absolute Gasteiger partial charge is 0.306 e. The van der Waals surface area contributed by atoms with E-state index in [1.165, 1.54) is 7.11 Å². The van der Waals surface area contributed by atoms with Crippen LogP contribution in [-0.2, 0) is 21.5 Å². The lowest BCUT2D eigenvalue weighted by Crippen LogP contribution is -2.45. The van der Waals surface area contributed by atoms with Gasteiger partial charge in [-0.3, -0.25) is 9.59 Å². The van der Waals surface area contributed by atoms with Gasteiger partial charge in [-0.15, -0.1) is 0 Å². The molecule has 1 unspecified atom stereocenters. The molecule has 144 valence electrons. The number of carbonyl (C=O) groups excluding carboxylic acids is 1. The molecule has 0 aromatic heterocycles. The summed E-state index contributed by atoms with van der Waals surface area (Å²) in [6.45, 7) is 3.63. The van der Waals surface area contributed by atoms with Crippen molar-refractivity contribution in [2.45, 2.75) is 32.2 Å². The van der Waals surface area contributed by atoms with E-state index in [0.29, 0.717) is 17.1 Å². The van der Waals surface area contributed by atoms with Crippen LogP contribution in [0.5, 0.6) is 11.5 Å². The average Bonchev–Trinajstić information content (AvgIpc) is 2.61. The van der Waals surface area contributed by atoms with E-state index < -0.39 is 11.5 Å². The summed E-state index contributed by atoms with van der Waals surface area (Å²) in [5.41, 5.74) is 1.35. The summed E-state index contributed by atoms with van der Waals surface area (Å²) < 4.78 is 10.5. The number of hydrogen-bond acceptors (Lipinski definition) is 4. The van der Waals surface area contributed by atoms with Gasteiger partial charge in [-0.2, -0.15) is 0 Å². The van der Waals surface area contributed by atoms with Crippen molar-refractivity contribution >= 4 is 11.9 Å². The van der Waals surface area contributed by atoms with E-state index in [1.807, 2.05) is 25.1 Å². The molecule has 2 rings (SSSR count). The Balaban J connectivity index is 2.29. The van der Waals surface area contributed by atoms with Crippen molar-refractivity contribution < 1.29 is 24.2 Å². The molecule has 1 atom stereocenters. The van der Waals surface area contributed by atoms with Crippen molar-refractivity contribution in [3.05, 3.63) is 59.2 Å². The molecule has 0 fully saturated rings. The highest BCUT2D eigenvalue weighted by atomic mass is 16.5. The predicted molar refractivity (Wildman–Crippen MR) is 102 cm³/mol. The van der Waals surface area contributed by atoms with Crippen LogP contribution in [0.4, 0.5) is 0 Å². The average molecular weight is 371 g/mol. The third-order valence-corrected chi connectivity index (χ3v) is 4.41. The molecule has 0 aliphatic rings. The van der Waals surface area contributed by atoms with Crippen LogP contribution in [0.3, 0.4) is 0 Å². The maximum absolute atomic E-state index is 12.7. The Morgan fingerprint density at radius 1 is 1.11 bits per heavy atom. The highest BCUT2D eigenvalue weighted by Crippen LogP contribution is 2.28. The first-order valence-electron chi connectivity index (χ1n) is 8.58. The second kappa shape index (κ2) is 8.58. The molecule has 2 aromatic carbocycles. The quantitative estimate of drug-likeness (QED) is 0.745. The molecule has 6 heteroatoms. The zero-order chi connectivity index (χ0) is 20.0. The van der Waals surface area contributed by atoms with Crippen molar-refractivity contribution in [1.82, 2.24) is 5.32 Å². The predicted octanol–water partition coefficient (Wildman–Crippen LogP) is 3.06. The van der Waals surface area contributed by atoms with Gasteiger partial charge in [0.15, 0.2) is 0 Å². The number of nitrogens with one attached hydrogen (secondary N) is 1. The number of carboxylic acid groups (broad SMARTS) is 1. The first-order chi connectivity index (χ1) is 12.8. The number of methoxy groups -OCH3 is 2. The van der Waals surface area contributed by atoms with Crippen molar-refractivity contribution in [2.75, 3.05) is 14.2 Å². The molecule has 2 aromatic rings. The molecule has 0 aliphatic carbocycles.